The molecule has 0 bridgehead atoms. The highest BCUT2D eigenvalue weighted by Gasteiger charge is 2.22. The van der Waals surface area contributed by atoms with Gasteiger partial charge in [-0.05, 0) is 19.1 Å². The molecule has 126 valence electrons. The number of hydrogen-bond acceptors (Lipinski definition) is 3. The van der Waals surface area contributed by atoms with Crippen LogP contribution in [-0.4, -0.2) is 64.8 Å². The molecule has 0 saturated carbocycles. The number of amides is 3. The van der Waals surface area contributed by atoms with Crippen LogP contribution in [0.25, 0.3) is 0 Å². The Labute approximate surface area is 136 Å². The first-order valence-corrected chi connectivity index (χ1v) is 7.84. The van der Waals surface area contributed by atoms with E-state index in [9.17, 15) is 14.4 Å². The molecule has 0 spiro atoms. The van der Waals surface area contributed by atoms with Gasteiger partial charge in [-0.15, -0.1) is 0 Å². The second-order valence-electron chi connectivity index (χ2n) is 5.81. The molecular weight excluding hydrogens is 296 g/mol. The lowest BCUT2D eigenvalue weighted by molar-refractivity contribution is -0.138. The first-order valence-electron chi connectivity index (χ1n) is 7.84. The average Bonchev–Trinajstić information content (AvgIpc) is 2.87. The normalized spacial score (nSPS) is 14.7. The number of aryl methyl sites for hydroxylation is 1. The monoisotopic (exact) mass is 320 g/mol. The number of nitrogens with one attached hydrogen (secondary N) is 1. The lowest BCUT2D eigenvalue weighted by Gasteiger charge is -2.34. The standard InChI is InChI=1S/C16H24N4O3/c1-12-4-5-14(18(12)3)16(23)17-7-6-15(22)20-10-8-19(9-11-20)13(2)21/h4-5H,6-11H2,1-3H3,(H,17,23). The molecule has 0 radical (unpaired) electrons. The van der Waals surface area contributed by atoms with Gasteiger partial charge < -0.3 is 19.7 Å². The van der Waals surface area contributed by atoms with Crippen LogP contribution in [0.4, 0.5) is 0 Å². The Bertz CT molecular complexity index is 600. The molecule has 0 aromatic carbocycles. The van der Waals surface area contributed by atoms with Gasteiger partial charge in [-0.25, -0.2) is 0 Å². The van der Waals surface area contributed by atoms with E-state index in [1.54, 1.807) is 15.9 Å². The van der Waals surface area contributed by atoms with Gasteiger partial charge in [0.25, 0.3) is 5.91 Å². The number of carbonyl (C=O) groups is 3. The number of hydrogen-bond donors (Lipinski definition) is 1. The van der Waals surface area contributed by atoms with Gasteiger partial charge in [0, 0.05) is 58.8 Å². The Morgan fingerprint density at radius 2 is 1.70 bits per heavy atom. The van der Waals surface area contributed by atoms with Crippen molar-refractivity contribution in [2.75, 3.05) is 32.7 Å². The summed E-state index contributed by atoms with van der Waals surface area (Å²) < 4.78 is 1.82. The number of carbonyl (C=O) groups excluding carboxylic acids is 3. The molecule has 1 saturated heterocycles. The Kier molecular flexibility index (Phi) is 5.41. The van der Waals surface area contributed by atoms with Crippen molar-refractivity contribution < 1.29 is 14.4 Å². The summed E-state index contributed by atoms with van der Waals surface area (Å²) in [6, 6.07) is 3.65. The first-order chi connectivity index (χ1) is 10.9. The molecule has 1 aliphatic heterocycles. The van der Waals surface area contributed by atoms with Crippen molar-refractivity contribution in [2.24, 2.45) is 7.05 Å². The minimum absolute atomic E-state index is 0.0107. The number of rotatable bonds is 4. The summed E-state index contributed by atoms with van der Waals surface area (Å²) in [5, 5.41) is 2.78. The Morgan fingerprint density at radius 3 is 2.22 bits per heavy atom. The van der Waals surface area contributed by atoms with E-state index in [1.165, 1.54) is 6.92 Å². The van der Waals surface area contributed by atoms with Crippen LogP contribution < -0.4 is 5.32 Å². The molecular formula is C16H24N4O3. The number of piperazine rings is 1. The molecule has 2 heterocycles. The van der Waals surface area contributed by atoms with E-state index in [2.05, 4.69) is 5.32 Å². The molecule has 0 aliphatic carbocycles. The van der Waals surface area contributed by atoms with Gasteiger partial charge in [-0.1, -0.05) is 0 Å². The highest BCUT2D eigenvalue weighted by molar-refractivity contribution is 5.93. The maximum atomic E-state index is 12.1. The summed E-state index contributed by atoms with van der Waals surface area (Å²) in [5.41, 5.74) is 1.60. The van der Waals surface area contributed by atoms with Crippen LogP contribution in [0.3, 0.4) is 0 Å². The van der Waals surface area contributed by atoms with Gasteiger partial charge >= 0.3 is 0 Å². The second kappa shape index (κ2) is 7.30. The van der Waals surface area contributed by atoms with E-state index < -0.39 is 0 Å². The highest BCUT2D eigenvalue weighted by Crippen LogP contribution is 2.06. The average molecular weight is 320 g/mol. The van der Waals surface area contributed by atoms with E-state index in [0.29, 0.717) is 38.4 Å². The zero-order chi connectivity index (χ0) is 17.0. The van der Waals surface area contributed by atoms with Crippen molar-refractivity contribution >= 4 is 17.7 Å². The van der Waals surface area contributed by atoms with Crippen LogP contribution in [0.15, 0.2) is 12.1 Å². The molecule has 1 aliphatic rings. The Morgan fingerprint density at radius 1 is 1.09 bits per heavy atom. The van der Waals surface area contributed by atoms with E-state index in [-0.39, 0.29) is 24.1 Å². The largest absolute Gasteiger partial charge is 0.350 e. The minimum atomic E-state index is -0.171. The third kappa shape index (κ3) is 4.12. The Balaban J connectivity index is 1.74. The summed E-state index contributed by atoms with van der Waals surface area (Å²) in [5.74, 6) is -0.117. The topological polar surface area (TPSA) is 74.7 Å². The maximum absolute atomic E-state index is 12.1. The summed E-state index contributed by atoms with van der Waals surface area (Å²) >= 11 is 0. The van der Waals surface area contributed by atoms with Crippen molar-refractivity contribution in [2.45, 2.75) is 20.3 Å². The second-order valence-corrected chi connectivity index (χ2v) is 5.81. The highest BCUT2D eigenvalue weighted by atomic mass is 16.2. The van der Waals surface area contributed by atoms with Crippen LogP contribution in [0.5, 0.6) is 0 Å². The van der Waals surface area contributed by atoms with Crippen LogP contribution in [0.1, 0.15) is 29.5 Å². The zero-order valence-electron chi connectivity index (χ0n) is 14.0. The third-order valence-electron chi connectivity index (χ3n) is 4.31. The molecule has 0 unspecified atom stereocenters. The molecule has 23 heavy (non-hydrogen) atoms. The third-order valence-corrected chi connectivity index (χ3v) is 4.31. The van der Waals surface area contributed by atoms with Crippen molar-refractivity contribution in [1.82, 2.24) is 19.7 Å². The molecule has 1 fully saturated rings. The summed E-state index contributed by atoms with van der Waals surface area (Å²) in [6.45, 7) is 6.06. The first kappa shape index (κ1) is 17.1. The lowest BCUT2D eigenvalue weighted by atomic mass is 10.2. The Hall–Kier alpha value is -2.31. The quantitative estimate of drug-likeness (QED) is 0.858. The van der Waals surface area contributed by atoms with E-state index in [4.69, 9.17) is 0 Å². The van der Waals surface area contributed by atoms with Gasteiger partial charge in [0.15, 0.2) is 0 Å². The van der Waals surface area contributed by atoms with Gasteiger partial charge in [-0.2, -0.15) is 0 Å². The predicted octanol–water partition coefficient (Wildman–Crippen LogP) is 0.144. The summed E-state index contributed by atoms with van der Waals surface area (Å²) in [6.07, 6.45) is 0.273. The fourth-order valence-corrected chi connectivity index (χ4v) is 2.64. The molecule has 7 nitrogen and oxygen atoms in total. The molecule has 1 N–H and O–H groups in total. The summed E-state index contributed by atoms with van der Waals surface area (Å²) in [4.78, 5) is 38.9. The SMILES string of the molecule is CC(=O)N1CCN(C(=O)CCNC(=O)c2ccc(C)n2C)CC1. The van der Waals surface area contributed by atoms with Crippen LogP contribution in [0.2, 0.25) is 0 Å². The summed E-state index contributed by atoms with van der Waals surface area (Å²) in [7, 11) is 1.84. The van der Waals surface area contributed by atoms with Gasteiger partial charge in [-0.3, -0.25) is 14.4 Å². The number of aromatic nitrogens is 1. The molecule has 7 heteroatoms. The fourth-order valence-electron chi connectivity index (χ4n) is 2.64. The van der Waals surface area contributed by atoms with Crippen molar-refractivity contribution in [3.05, 3.63) is 23.5 Å². The molecule has 2 rings (SSSR count). The van der Waals surface area contributed by atoms with E-state index in [1.807, 2.05) is 24.6 Å². The van der Waals surface area contributed by atoms with E-state index in [0.717, 1.165) is 5.69 Å². The maximum Gasteiger partial charge on any atom is 0.267 e. The van der Waals surface area contributed by atoms with Crippen LogP contribution >= 0.6 is 0 Å². The van der Waals surface area contributed by atoms with Gasteiger partial charge in [0.1, 0.15) is 5.69 Å². The molecule has 1 aromatic heterocycles. The minimum Gasteiger partial charge on any atom is -0.350 e. The molecule has 0 atom stereocenters. The van der Waals surface area contributed by atoms with Crippen molar-refractivity contribution in [3.8, 4) is 0 Å². The zero-order valence-corrected chi connectivity index (χ0v) is 14.0. The number of nitrogens with zero attached hydrogens (tertiary/aromatic N) is 3. The molecule has 3 amide bonds. The van der Waals surface area contributed by atoms with Gasteiger partial charge in [0.2, 0.25) is 11.8 Å². The van der Waals surface area contributed by atoms with Crippen LogP contribution in [-0.2, 0) is 16.6 Å². The van der Waals surface area contributed by atoms with E-state index >= 15 is 0 Å². The lowest BCUT2D eigenvalue weighted by Crippen LogP contribution is -2.50. The van der Waals surface area contributed by atoms with Crippen LogP contribution in [0, 0.1) is 6.92 Å². The molecule has 1 aromatic rings. The van der Waals surface area contributed by atoms with Gasteiger partial charge in [0.05, 0.1) is 0 Å². The fraction of sp³-hybridized carbons (Fsp3) is 0.562. The van der Waals surface area contributed by atoms with Crippen molar-refractivity contribution in [1.29, 1.82) is 0 Å². The van der Waals surface area contributed by atoms with Crippen molar-refractivity contribution in [3.63, 3.8) is 0 Å². The predicted molar refractivity (Wildman–Crippen MR) is 85.9 cm³/mol. The smallest absolute Gasteiger partial charge is 0.267 e.